The highest BCUT2D eigenvalue weighted by molar-refractivity contribution is 6.00. The number of aromatic nitrogens is 3. The Labute approximate surface area is 108 Å². The number of benzene rings is 1. The number of oxazole rings is 1. The Hall–Kier alpha value is -2.63. The standard InChI is InChI=1S/C13H11N3O3/c1-7-6-9(16(2)15-7)12-14-11-8(13(17)18)4-3-5-10(11)19-12/h3-6H,1-2H3,(H,17,18). The van der Waals surface area contributed by atoms with Crippen molar-refractivity contribution in [2.45, 2.75) is 6.92 Å². The quantitative estimate of drug-likeness (QED) is 0.761. The number of hydrogen-bond donors (Lipinski definition) is 1. The fourth-order valence-electron chi connectivity index (χ4n) is 2.04. The summed E-state index contributed by atoms with van der Waals surface area (Å²) in [6.07, 6.45) is 0. The third-order valence-corrected chi connectivity index (χ3v) is 2.87. The number of carbonyl (C=O) groups is 1. The van der Waals surface area contributed by atoms with Gasteiger partial charge >= 0.3 is 5.97 Å². The molecule has 0 saturated carbocycles. The molecule has 6 nitrogen and oxygen atoms in total. The lowest BCUT2D eigenvalue weighted by molar-refractivity contribution is 0.0699. The number of fused-ring (bicyclic) bond motifs is 1. The second-order valence-corrected chi connectivity index (χ2v) is 4.27. The van der Waals surface area contributed by atoms with E-state index in [9.17, 15) is 4.79 Å². The molecule has 2 heterocycles. The first-order chi connectivity index (χ1) is 9.06. The van der Waals surface area contributed by atoms with Crippen LogP contribution in [-0.4, -0.2) is 25.8 Å². The molecule has 19 heavy (non-hydrogen) atoms. The van der Waals surface area contributed by atoms with Gasteiger partial charge in [-0.25, -0.2) is 9.78 Å². The van der Waals surface area contributed by atoms with Crippen LogP contribution in [0.25, 0.3) is 22.7 Å². The van der Waals surface area contributed by atoms with E-state index in [4.69, 9.17) is 9.52 Å². The summed E-state index contributed by atoms with van der Waals surface area (Å²) in [5.74, 6) is -0.654. The Morgan fingerprint density at radius 2 is 2.21 bits per heavy atom. The molecular weight excluding hydrogens is 246 g/mol. The van der Waals surface area contributed by atoms with Crippen LogP contribution in [0.2, 0.25) is 0 Å². The zero-order chi connectivity index (χ0) is 13.6. The Bertz CT molecular complexity index is 786. The lowest BCUT2D eigenvalue weighted by atomic mass is 10.2. The van der Waals surface area contributed by atoms with Gasteiger partial charge in [0, 0.05) is 7.05 Å². The summed E-state index contributed by atoms with van der Waals surface area (Å²) in [4.78, 5) is 15.4. The number of carboxylic acid groups (broad SMARTS) is 1. The van der Waals surface area contributed by atoms with Crippen molar-refractivity contribution in [3.8, 4) is 11.6 Å². The molecule has 6 heteroatoms. The molecule has 0 aliphatic rings. The normalized spacial score (nSPS) is 11.1. The largest absolute Gasteiger partial charge is 0.478 e. The number of aryl methyl sites for hydroxylation is 2. The maximum Gasteiger partial charge on any atom is 0.338 e. The molecule has 3 aromatic rings. The Kier molecular flexibility index (Phi) is 2.38. The van der Waals surface area contributed by atoms with Crippen LogP contribution in [0.3, 0.4) is 0 Å². The van der Waals surface area contributed by atoms with Gasteiger partial charge in [0.05, 0.1) is 11.3 Å². The van der Waals surface area contributed by atoms with E-state index in [1.165, 1.54) is 6.07 Å². The van der Waals surface area contributed by atoms with Crippen molar-refractivity contribution in [2.24, 2.45) is 7.05 Å². The number of para-hydroxylation sites is 1. The van der Waals surface area contributed by atoms with E-state index in [1.807, 2.05) is 13.0 Å². The monoisotopic (exact) mass is 257 g/mol. The van der Waals surface area contributed by atoms with Gasteiger partial charge < -0.3 is 9.52 Å². The molecule has 0 aliphatic carbocycles. The summed E-state index contributed by atoms with van der Waals surface area (Å²) in [7, 11) is 1.79. The SMILES string of the molecule is Cc1cc(-c2nc3c(C(=O)O)cccc3o2)n(C)n1. The molecule has 96 valence electrons. The van der Waals surface area contributed by atoms with E-state index < -0.39 is 5.97 Å². The minimum atomic E-state index is -1.02. The van der Waals surface area contributed by atoms with Gasteiger partial charge in [0.25, 0.3) is 0 Å². The van der Waals surface area contributed by atoms with Gasteiger partial charge in [-0.1, -0.05) is 6.07 Å². The average Bonchev–Trinajstić information content (AvgIpc) is 2.91. The van der Waals surface area contributed by atoms with Gasteiger partial charge in [-0.15, -0.1) is 0 Å². The van der Waals surface area contributed by atoms with Crippen LogP contribution in [0.15, 0.2) is 28.7 Å². The maximum absolute atomic E-state index is 11.1. The fourth-order valence-corrected chi connectivity index (χ4v) is 2.04. The highest BCUT2D eigenvalue weighted by atomic mass is 16.4. The molecule has 0 spiro atoms. The van der Waals surface area contributed by atoms with Crippen molar-refractivity contribution >= 4 is 17.1 Å². The van der Waals surface area contributed by atoms with Gasteiger partial charge in [-0.2, -0.15) is 5.10 Å². The fraction of sp³-hybridized carbons (Fsp3) is 0.154. The predicted octanol–water partition coefficient (Wildman–Crippen LogP) is 2.23. The third kappa shape index (κ3) is 1.77. The van der Waals surface area contributed by atoms with Crippen molar-refractivity contribution < 1.29 is 14.3 Å². The topological polar surface area (TPSA) is 81.1 Å². The second kappa shape index (κ2) is 3.94. The highest BCUT2D eigenvalue weighted by Crippen LogP contribution is 2.26. The molecule has 0 atom stereocenters. The van der Waals surface area contributed by atoms with Crippen LogP contribution >= 0.6 is 0 Å². The van der Waals surface area contributed by atoms with E-state index in [0.29, 0.717) is 22.7 Å². The summed E-state index contributed by atoms with van der Waals surface area (Å²) >= 11 is 0. The van der Waals surface area contributed by atoms with E-state index in [1.54, 1.807) is 23.9 Å². The van der Waals surface area contributed by atoms with Gasteiger partial charge in [0.2, 0.25) is 5.89 Å². The predicted molar refractivity (Wildman–Crippen MR) is 67.9 cm³/mol. The maximum atomic E-state index is 11.1. The van der Waals surface area contributed by atoms with Crippen LogP contribution in [0, 0.1) is 6.92 Å². The van der Waals surface area contributed by atoms with E-state index in [0.717, 1.165) is 5.69 Å². The molecule has 0 fully saturated rings. The third-order valence-electron chi connectivity index (χ3n) is 2.87. The zero-order valence-electron chi connectivity index (χ0n) is 10.4. The van der Waals surface area contributed by atoms with E-state index in [-0.39, 0.29) is 5.56 Å². The summed E-state index contributed by atoms with van der Waals surface area (Å²) < 4.78 is 7.26. The summed E-state index contributed by atoms with van der Waals surface area (Å²) in [5.41, 5.74) is 2.49. The van der Waals surface area contributed by atoms with E-state index in [2.05, 4.69) is 10.1 Å². The van der Waals surface area contributed by atoms with Gasteiger partial charge in [-0.3, -0.25) is 4.68 Å². The first kappa shape index (κ1) is 11.5. The Balaban J connectivity index is 2.25. The number of rotatable bonds is 2. The molecule has 1 aromatic carbocycles. The summed E-state index contributed by atoms with van der Waals surface area (Å²) in [6.45, 7) is 1.87. The molecule has 3 rings (SSSR count). The van der Waals surface area contributed by atoms with Crippen LogP contribution in [-0.2, 0) is 7.05 Å². The molecule has 2 aromatic heterocycles. The van der Waals surface area contributed by atoms with Crippen LogP contribution in [0.4, 0.5) is 0 Å². The van der Waals surface area contributed by atoms with Gasteiger partial charge in [0.1, 0.15) is 11.2 Å². The number of carboxylic acids is 1. The highest BCUT2D eigenvalue weighted by Gasteiger charge is 2.17. The number of aromatic carboxylic acids is 1. The van der Waals surface area contributed by atoms with Crippen molar-refractivity contribution in [1.29, 1.82) is 0 Å². The van der Waals surface area contributed by atoms with Crippen LogP contribution in [0.1, 0.15) is 16.1 Å². The van der Waals surface area contributed by atoms with Gasteiger partial charge in [0.15, 0.2) is 5.58 Å². The molecule has 0 aliphatic heterocycles. The molecule has 0 amide bonds. The average molecular weight is 257 g/mol. The lowest BCUT2D eigenvalue weighted by Crippen LogP contribution is -1.97. The minimum Gasteiger partial charge on any atom is -0.478 e. The van der Waals surface area contributed by atoms with Crippen molar-refractivity contribution in [3.63, 3.8) is 0 Å². The van der Waals surface area contributed by atoms with E-state index >= 15 is 0 Å². The van der Waals surface area contributed by atoms with Crippen molar-refractivity contribution in [3.05, 3.63) is 35.5 Å². The molecule has 1 N–H and O–H groups in total. The van der Waals surface area contributed by atoms with Gasteiger partial charge in [-0.05, 0) is 25.1 Å². The summed E-state index contributed by atoms with van der Waals surface area (Å²) in [5, 5.41) is 13.3. The van der Waals surface area contributed by atoms with Crippen LogP contribution < -0.4 is 0 Å². The smallest absolute Gasteiger partial charge is 0.338 e. The second-order valence-electron chi connectivity index (χ2n) is 4.27. The Morgan fingerprint density at radius 1 is 1.42 bits per heavy atom. The molecule has 0 bridgehead atoms. The number of hydrogen-bond acceptors (Lipinski definition) is 4. The zero-order valence-corrected chi connectivity index (χ0v) is 10.4. The molecule has 0 unspecified atom stereocenters. The Morgan fingerprint density at radius 3 is 2.84 bits per heavy atom. The molecule has 0 radical (unpaired) electrons. The van der Waals surface area contributed by atoms with Crippen molar-refractivity contribution in [2.75, 3.05) is 0 Å². The first-order valence-electron chi connectivity index (χ1n) is 5.70. The van der Waals surface area contributed by atoms with Crippen LogP contribution in [0.5, 0.6) is 0 Å². The lowest BCUT2D eigenvalue weighted by Gasteiger charge is -1.93. The molecule has 0 saturated heterocycles. The summed E-state index contributed by atoms with van der Waals surface area (Å²) in [6, 6.07) is 6.67. The van der Waals surface area contributed by atoms with Crippen molar-refractivity contribution in [1.82, 2.24) is 14.8 Å². The minimum absolute atomic E-state index is 0.131. The first-order valence-corrected chi connectivity index (χ1v) is 5.70. The number of nitrogens with zero attached hydrogens (tertiary/aromatic N) is 3. The molecular formula is C13H11N3O3.